The van der Waals surface area contributed by atoms with Gasteiger partial charge in [-0.3, -0.25) is 0 Å². The maximum absolute atomic E-state index is 10.5. The van der Waals surface area contributed by atoms with E-state index in [1.54, 1.807) is 0 Å². The van der Waals surface area contributed by atoms with Crippen molar-refractivity contribution in [1.29, 1.82) is 0 Å². The third-order valence-corrected chi connectivity index (χ3v) is 2.21. The van der Waals surface area contributed by atoms with Crippen LogP contribution in [0.25, 0.3) is 0 Å². The van der Waals surface area contributed by atoms with Crippen molar-refractivity contribution in [2.24, 2.45) is 5.73 Å². The molecule has 2 N–H and O–H groups in total. The van der Waals surface area contributed by atoms with Gasteiger partial charge in [0.25, 0.3) is 0 Å². The zero-order valence-corrected chi connectivity index (χ0v) is 9.41. The summed E-state index contributed by atoms with van der Waals surface area (Å²) in [5.41, 5.74) is 8.32. The van der Waals surface area contributed by atoms with Gasteiger partial charge >= 0.3 is 6.09 Å². The van der Waals surface area contributed by atoms with Crippen LogP contribution in [0.1, 0.15) is 36.5 Å². The molecule has 0 saturated heterocycles. The van der Waals surface area contributed by atoms with E-state index in [0.717, 1.165) is 5.56 Å². The quantitative estimate of drug-likeness (QED) is 0.828. The van der Waals surface area contributed by atoms with E-state index in [-0.39, 0.29) is 6.61 Å². The number of hydrogen-bond acceptors (Lipinski definition) is 2. The zero-order chi connectivity index (χ0) is 11.4. The van der Waals surface area contributed by atoms with Gasteiger partial charge in [-0.05, 0) is 24.0 Å². The summed E-state index contributed by atoms with van der Waals surface area (Å²) >= 11 is 0. The molecular formula is C12H17NO2. The van der Waals surface area contributed by atoms with Gasteiger partial charge in [0.2, 0.25) is 0 Å². The van der Waals surface area contributed by atoms with E-state index in [9.17, 15) is 4.79 Å². The topological polar surface area (TPSA) is 52.3 Å². The molecule has 1 rings (SSSR count). The van der Waals surface area contributed by atoms with Gasteiger partial charge in [0.15, 0.2) is 0 Å². The lowest BCUT2D eigenvalue weighted by Gasteiger charge is -2.10. The molecule has 0 atom stereocenters. The van der Waals surface area contributed by atoms with Crippen molar-refractivity contribution in [2.75, 3.05) is 0 Å². The molecule has 0 radical (unpaired) electrons. The van der Waals surface area contributed by atoms with Crippen molar-refractivity contribution >= 4 is 6.09 Å². The van der Waals surface area contributed by atoms with Gasteiger partial charge in [-0.25, -0.2) is 4.79 Å². The van der Waals surface area contributed by atoms with Crippen LogP contribution in [0, 0.1) is 6.92 Å². The lowest BCUT2D eigenvalue weighted by Crippen LogP contribution is -2.12. The lowest BCUT2D eigenvalue weighted by molar-refractivity contribution is 0.150. The Hall–Kier alpha value is -1.51. The normalized spacial score (nSPS) is 10.4. The van der Waals surface area contributed by atoms with E-state index < -0.39 is 6.09 Å². The highest BCUT2D eigenvalue weighted by Gasteiger charge is 2.03. The van der Waals surface area contributed by atoms with Crippen LogP contribution in [0.5, 0.6) is 0 Å². The number of carbonyl (C=O) groups excluding carboxylic acids is 1. The van der Waals surface area contributed by atoms with E-state index >= 15 is 0 Å². The second kappa shape index (κ2) is 4.82. The number of rotatable bonds is 3. The fraction of sp³-hybridized carbons (Fsp3) is 0.417. The fourth-order valence-corrected chi connectivity index (χ4v) is 1.47. The lowest BCUT2D eigenvalue weighted by atomic mass is 9.98. The second-order valence-corrected chi connectivity index (χ2v) is 4.01. The predicted molar refractivity (Wildman–Crippen MR) is 59.6 cm³/mol. The smallest absolute Gasteiger partial charge is 0.404 e. The Balaban J connectivity index is 2.84. The molecule has 0 bridgehead atoms. The first kappa shape index (κ1) is 11.6. The first-order chi connectivity index (χ1) is 6.99. The number of primary amides is 1. The largest absolute Gasteiger partial charge is 0.445 e. The highest BCUT2D eigenvalue weighted by atomic mass is 16.5. The first-order valence-electron chi connectivity index (χ1n) is 5.01. The van der Waals surface area contributed by atoms with Crippen LogP contribution in [0.2, 0.25) is 0 Å². The molecule has 0 aromatic heterocycles. The van der Waals surface area contributed by atoms with Gasteiger partial charge in [0.1, 0.15) is 6.61 Å². The number of nitrogens with two attached hydrogens (primary N) is 1. The van der Waals surface area contributed by atoms with Crippen molar-refractivity contribution in [3.8, 4) is 0 Å². The Kier molecular flexibility index (Phi) is 3.72. The second-order valence-electron chi connectivity index (χ2n) is 4.01. The minimum absolute atomic E-state index is 0.247. The minimum Gasteiger partial charge on any atom is -0.445 e. The first-order valence-corrected chi connectivity index (χ1v) is 5.01. The van der Waals surface area contributed by atoms with Crippen molar-refractivity contribution < 1.29 is 9.53 Å². The third-order valence-electron chi connectivity index (χ3n) is 2.21. The Morgan fingerprint density at radius 2 is 2.07 bits per heavy atom. The van der Waals surface area contributed by atoms with Crippen LogP contribution in [0.15, 0.2) is 18.2 Å². The molecule has 3 nitrogen and oxygen atoms in total. The molecule has 3 heteroatoms. The molecule has 1 aromatic carbocycles. The maximum Gasteiger partial charge on any atom is 0.404 e. The van der Waals surface area contributed by atoms with Gasteiger partial charge < -0.3 is 10.5 Å². The molecule has 0 spiro atoms. The Bertz CT molecular complexity index is 359. The molecular weight excluding hydrogens is 190 g/mol. The number of aryl methyl sites for hydroxylation is 1. The highest BCUT2D eigenvalue weighted by molar-refractivity contribution is 5.64. The SMILES string of the molecule is Cc1cc(COC(N)=O)cc(C(C)C)c1. The monoisotopic (exact) mass is 207 g/mol. The molecule has 0 aliphatic heterocycles. The molecule has 15 heavy (non-hydrogen) atoms. The summed E-state index contributed by atoms with van der Waals surface area (Å²) in [7, 11) is 0. The predicted octanol–water partition coefficient (Wildman–Crippen LogP) is 2.71. The summed E-state index contributed by atoms with van der Waals surface area (Å²) in [5, 5.41) is 0. The fourth-order valence-electron chi connectivity index (χ4n) is 1.47. The van der Waals surface area contributed by atoms with Crippen LogP contribution in [-0.4, -0.2) is 6.09 Å². The number of amides is 1. The van der Waals surface area contributed by atoms with E-state index in [2.05, 4.69) is 19.9 Å². The summed E-state index contributed by atoms with van der Waals surface area (Å²) in [4.78, 5) is 10.5. The van der Waals surface area contributed by atoms with Crippen LogP contribution in [0.4, 0.5) is 4.79 Å². The molecule has 1 aromatic rings. The van der Waals surface area contributed by atoms with E-state index in [4.69, 9.17) is 10.5 Å². The van der Waals surface area contributed by atoms with Crippen LogP contribution >= 0.6 is 0 Å². The van der Waals surface area contributed by atoms with E-state index in [1.165, 1.54) is 11.1 Å². The summed E-state index contributed by atoms with van der Waals surface area (Å²) in [6.45, 7) is 6.54. The number of hydrogen-bond donors (Lipinski definition) is 1. The number of benzene rings is 1. The van der Waals surface area contributed by atoms with Crippen molar-refractivity contribution in [1.82, 2.24) is 0 Å². The summed E-state index contributed by atoms with van der Waals surface area (Å²) < 4.78 is 4.76. The van der Waals surface area contributed by atoms with Gasteiger partial charge in [-0.1, -0.05) is 37.6 Å². The molecule has 0 unspecified atom stereocenters. The Labute approximate surface area is 90.2 Å². The van der Waals surface area contributed by atoms with Crippen molar-refractivity contribution in [3.63, 3.8) is 0 Å². The number of ether oxygens (including phenoxy) is 1. The van der Waals surface area contributed by atoms with Crippen molar-refractivity contribution in [2.45, 2.75) is 33.3 Å². The molecule has 0 heterocycles. The van der Waals surface area contributed by atoms with Crippen molar-refractivity contribution in [3.05, 3.63) is 34.9 Å². The molecule has 0 saturated carbocycles. The molecule has 0 aliphatic carbocycles. The summed E-state index contributed by atoms with van der Waals surface area (Å²) in [6.07, 6.45) is -0.734. The average molecular weight is 207 g/mol. The van der Waals surface area contributed by atoms with Gasteiger partial charge in [-0.15, -0.1) is 0 Å². The van der Waals surface area contributed by atoms with E-state index in [1.807, 2.05) is 19.1 Å². The van der Waals surface area contributed by atoms with Gasteiger partial charge in [-0.2, -0.15) is 0 Å². The average Bonchev–Trinajstić information content (AvgIpc) is 2.13. The zero-order valence-electron chi connectivity index (χ0n) is 9.41. The molecule has 1 amide bonds. The molecule has 0 fully saturated rings. The highest BCUT2D eigenvalue weighted by Crippen LogP contribution is 2.18. The number of carbonyl (C=O) groups is 1. The maximum atomic E-state index is 10.5. The van der Waals surface area contributed by atoms with Gasteiger partial charge in [0.05, 0.1) is 0 Å². The van der Waals surface area contributed by atoms with Gasteiger partial charge in [0, 0.05) is 0 Å². The molecule has 0 aliphatic rings. The van der Waals surface area contributed by atoms with Crippen LogP contribution < -0.4 is 5.73 Å². The van der Waals surface area contributed by atoms with Crippen LogP contribution in [-0.2, 0) is 11.3 Å². The van der Waals surface area contributed by atoms with E-state index in [0.29, 0.717) is 5.92 Å². The Morgan fingerprint density at radius 3 is 2.60 bits per heavy atom. The summed E-state index contributed by atoms with van der Waals surface area (Å²) in [5.74, 6) is 0.470. The Morgan fingerprint density at radius 1 is 1.40 bits per heavy atom. The third kappa shape index (κ3) is 3.62. The standard InChI is InChI=1S/C12H17NO2/c1-8(2)11-5-9(3)4-10(6-11)7-15-12(13)14/h4-6,8H,7H2,1-3H3,(H2,13,14). The minimum atomic E-state index is -0.734. The molecule has 82 valence electrons. The van der Waals surface area contributed by atoms with Crippen LogP contribution in [0.3, 0.4) is 0 Å². The summed E-state index contributed by atoms with van der Waals surface area (Å²) in [6, 6.07) is 6.17.